The number of carbonyl (C=O) groups is 2. The maximum atomic E-state index is 12.0. The van der Waals surface area contributed by atoms with Crippen LogP contribution in [-0.2, 0) is 4.79 Å². The number of ether oxygens (including phenoxy) is 1. The zero-order valence-corrected chi connectivity index (χ0v) is 15.5. The summed E-state index contributed by atoms with van der Waals surface area (Å²) >= 11 is 11.8. The summed E-state index contributed by atoms with van der Waals surface area (Å²) < 4.78 is 5.34. The fraction of sp³-hybridized carbons (Fsp3) is 0.167. The van der Waals surface area contributed by atoms with Crippen LogP contribution in [0.25, 0.3) is 0 Å². The molecular weight excluding hydrogens is 377 g/mol. The molecule has 0 radical (unpaired) electrons. The van der Waals surface area contributed by atoms with Gasteiger partial charge >= 0.3 is 0 Å². The van der Waals surface area contributed by atoms with Gasteiger partial charge in [0.25, 0.3) is 11.8 Å². The Morgan fingerprint density at radius 1 is 1.15 bits per heavy atom. The molecule has 0 aliphatic rings. The van der Waals surface area contributed by atoms with E-state index in [1.54, 1.807) is 6.07 Å². The summed E-state index contributed by atoms with van der Waals surface area (Å²) in [6, 6.07) is 11.8. The summed E-state index contributed by atoms with van der Waals surface area (Å²) in [6.45, 7) is 2.25. The molecule has 0 fully saturated rings. The fourth-order valence-corrected chi connectivity index (χ4v) is 2.34. The van der Waals surface area contributed by atoms with Crippen molar-refractivity contribution in [2.45, 2.75) is 6.92 Å². The number of rotatable bonds is 7. The number of halogens is 2. The highest BCUT2D eigenvalue weighted by molar-refractivity contribution is 6.35. The molecule has 136 valence electrons. The molecular formula is C18H17Cl2N3O3. The van der Waals surface area contributed by atoms with Crippen molar-refractivity contribution in [2.24, 2.45) is 5.10 Å². The van der Waals surface area contributed by atoms with E-state index < -0.39 is 11.8 Å². The van der Waals surface area contributed by atoms with E-state index in [2.05, 4.69) is 15.8 Å². The Labute approximate surface area is 161 Å². The lowest BCUT2D eigenvalue weighted by atomic mass is 10.2. The van der Waals surface area contributed by atoms with E-state index in [4.69, 9.17) is 27.9 Å². The largest absolute Gasteiger partial charge is 0.494 e. The number of carbonyl (C=O) groups excluding carboxylic acids is 2. The van der Waals surface area contributed by atoms with Crippen molar-refractivity contribution in [2.75, 3.05) is 13.2 Å². The van der Waals surface area contributed by atoms with Crippen molar-refractivity contribution in [3.8, 4) is 5.75 Å². The van der Waals surface area contributed by atoms with Gasteiger partial charge in [-0.2, -0.15) is 5.10 Å². The molecule has 2 aromatic carbocycles. The minimum absolute atomic E-state index is 0.199. The lowest BCUT2D eigenvalue weighted by Gasteiger charge is -2.06. The molecule has 0 aliphatic heterocycles. The van der Waals surface area contributed by atoms with Crippen molar-refractivity contribution >= 4 is 41.2 Å². The Hall–Kier alpha value is -2.57. The van der Waals surface area contributed by atoms with Crippen LogP contribution in [0.5, 0.6) is 5.75 Å². The zero-order valence-electron chi connectivity index (χ0n) is 14.0. The molecule has 0 aromatic heterocycles. The van der Waals surface area contributed by atoms with Gasteiger partial charge in [-0.15, -0.1) is 0 Å². The molecule has 8 heteroatoms. The predicted molar refractivity (Wildman–Crippen MR) is 102 cm³/mol. The SMILES string of the molecule is CCOc1ccc(/C=N/NC(=O)CNC(=O)c2cc(Cl)ccc2Cl)cc1. The van der Waals surface area contributed by atoms with E-state index in [1.807, 2.05) is 31.2 Å². The van der Waals surface area contributed by atoms with Gasteiger partial charge in [0, 0.05) is 5.02 Å². The van der Waals surface area contributed by atoms with E-state index >= 15 is 0 Å². The van der Waals surface area contributed by atoms with Crippen LogP contribution in [0.2, 0.25) is 10.0 Å². The van der Waals surface area contributed by atoms with Gasteiger partial charge in [0.1, 0.15) is 5.75 Å². The van der Waals surface area contributed by atoms with Crippen molar-refractivity contribution in [3.05, 3.63) is 63.6 Å². The highest BCUT2D eigenvalue weighted by Crippen LogP contribution is 2.20. The predicted octanol–water partition coefficient (Wildman–Crippen LogP) is 3.27. The Morgan fingerprint density at radius 2 is 1.88 bits per heavy atom. The van der Waals surface area contributed by atoms with Gasteiger partial charge in [0.05, 0.1) is 30.0 Å². The van der Waals surface area contributed by atoms with Gasteiger partial charge in [-0.05, 0) is 55.0 Å². The maximum Gasteiger partial charge on any atom is 0.259 e. The number of hydrogen-bond acceptors (Lipinski definition) is 4. The van der Waals surface area contributed by atoms with Gasteiger partial charge in [-0.1, -0.05) is 23.2 Å². The molecule has 0 atom stereocenters. The third-order valence-electron chi connectivity index (χ3n) is 3.18. The number of amides is 2. The van der Waals surface area contributed by atoms with Gasteiger partial charge in [-0.3, -0.25) is 9.59 Å². The summed E-state index contributed by atoms with van der Waals surface area (Å²) in [5.74, 6) is -0.210. The number of nitrogens with zero attached hydrogens (tertiary/aromatic N) is 1. The average molecular weight is 394 g/mol. The highest BCUT2D eigenvalue weighted by atomic mass is 35.5. The summed E-state index contributed by atoms with van der Waals surface area (Å²) in [6.07, 6.45) is 1.49. The number of hydrazone groups is 1. The smallest absolute Gasteiger partial charge is 0.259 e. The fourth-order valence-electron chi connectivity index (χ4n) is 1.96. The van der Waals surface area contributed by atoms with Crippen LogP contribution < -0.4 is 15.5 Å². The lowest BCUT2D eigenvalue weighted by Crippen LogP contribution is -2.35. The van der Waals surface area contributed by atoms with Gasteiger partial charge in [0.15, 0.2) is 0 Å². The first-order valence-electron chi connectivity index (χ1n) is 7.77. The second-order valence-corrected chi connectivity index (χ2v) is 5.95. The van der Waals surface area contributed by atoms with Crippen molar-refractivity contribution in [1.29, 1.82) is 0 Å². The highest BCUT2D eigenvalue weighted by Gasteiger charge is 2.12. The van der Waals surface area contributed by atoms with E-state index in [0.29, 0.717) is 11.6 Å². The Bertz CT molecular complexity index is 808. The van der Waals surface area contributed by atoms with Crippen LogP contribution in [0.1, 0.15) is 22.8 Å². The Kier molecular flexibility index (Phi) is 7.44. The number of hydrogen-bond donors (Lipinski definition) is 2. The molecule has 2 N–H and O–H groups in total. The number of benzene rings is 2. The van der Waals surface area contributed by atoms with Gasteiger partial charge in [-0.25, -0.2) is 5.43 Å². The monoisotopic (exact) mass is 393 g/mol. The minimum atomic E-state index is -0.497. The Balaban J connectivity index is 1.81. The molecule has 0 unspecified atom stereocenters. The van der Waals surface area contributed by atoms with Crippen molar-refractivity contribution in [3.63, 3.8) is 0 Å². The topological polar surface area (TPSA) is 79.8 Å². The first-order valence-corrected chi connectivity index (χ1v) is 8.53. The van der Waals surface area contributed by atoms with E-state index in [9.17, 15) is 9.59 Å². The molecule has 0 saturated heterocycles. The van der Waals surface area contributed by atoms with Crippen molar-refractivity contribution in [1.82, 2.24) is 10.7 Å². The summed E-state index contributed by atoms with van der Waals surface area (Å²) in [5.41, 5.74) is 3.32. The molecule has 0 bridgehead atoms. The third kappa shape index (κ3) is 6.06. The van der Waals surface area contributed by atoms with E-state index in [-0.39, 0.29) is 17.1 Å². The minimum Gasteiger partial charge on any atom is -0.494 e. The summed E-state index contributed by atoms with van der Waals surface area (Å²) in [4.78, 5) is 23.8. The third-order valence-corrected chi connectivity index (χ3v) is 3.74. The maximum absolute atomic E-state index is 12.0. The van der Waals surface area contributed by atoms with E-state index in [0.717, 1.165) is 11.3 Å². The molecule has 0 spiro atoms. The number of nitrogens with one attached hydrogen (secondary N) is 2. The zero-order chi connectivity index (χ0) is 18.9. The second-order valence-electron chi connectivity index (χ2n) is 5.10. The normalized spacial score (nSPS) is 10.6. The average Bonchev–Trinajstić information content (AvgIpc) is 2.63. The summed E-state index contributed by atoms with van der Waals surface area (Å²) in [5, 5.41) is 6.92. The van der Waals surface area contributed by atoms with Crippen molar-refractivity contribution < 1.29 is 14.3 Å². The molecule has 0 heterocycles. The Morgan fingerprint density at radius 3 is 2.58 bits per heavy atom. The van der Waals surface area contributed by atoms with Crippen LogP contribution in [0.4, 0.5) is 0 Å². The molecule has 6 nitrogen and oxygen atoms in total. The van der Waals surface area contributed by atoms with Gasteiger partial charge in [0.2, 0.25) is 0 Å². The van der Waals surface area contributed by atoms with Gasteiger partial charge < -0.3 is 10.1 Å². The first-order chi connectivity index (χ1) is 12.5. The first kappa shape index (κ1) is 19.8. The van der Waals surface area contributed by atoms with Crippen LogP contribution in [0.3, 0.4) is 0 Å². The lowest BCUT2D eigenvalue weighted by molar-refractivity contribution is -0.120. The van der Waals surface area contributed by atoms with Crippen LogP contribution >= 0.6 is 23.2 Å². The van der Waals surface area contributed by atoms with Crippen LogP contribution in [0, 0.1) is 0 Å². The molecule has 2 amide bonds. The molecule has 26 heavy (non-hydrogen) atoms. The van der Waals surface area contributed by atoms with Crippen LogP contribution in [0.15, 0.2) is 47.6 Å². The van der Waals surface area contributed by atoms with E-state index in [1.165, 1.54) is 18.3 Å². The molecule has 2 rings (SSSR count). The van der Waals surface area contributed by atoms with Crippen LogP contribution in [-0.4, -0.2) is 31.2 Å². The second kappa shape index (κ2) is 9.79. The molecule has 0 aliphatic carbocycles. The quantitative estimate of drug-likeness (QED) is 0.559. The summed E-state index contributed by atoms with van der Waals surface area (Å²) in [7, 11) is 0. The standard InChI is InChI=1S/C18H17Cl2N3O3/c1-2-26-14-6-3-12(4-7-14)10-22-23-17(24)11-21-18(25)15-9-13(19)5-8-16(15)20/h3-10H,2,11H2,1H3,(H,21,25)(H,23,24)/b22-10+. The molecule has 2 aromatic rings. The molecule has 0 saturated carbocycles.